The number of methoxy groups -OCH3 is 1. The summed E-state index contributed by atoms with van der Waals surface area (Å²) in [5, 5.41) is 2.10. The van der Waals surface area contributed by atoms with Crippen molar-refractivity contribution in [2.45, 2.75) is 17.6 Å². The Kier molecular flexibility index (Phi) is 5.94. The molecule has 8 nitrogen and oxygen atoms in total. The highest BCUT2D eigenvalue weighted by Gasteiger charge is 2.25. The number of benzene rings is 1. The lowest BCUT2D eigenvalue weighted by Crippen LogP contribution is -2.43. The van der Waals surface area contributed by atoms with E-state index in [0.29, 0.717) is 0 Å². The van der Waals surface area contributed by atoms with Gasteiger partial charge in [0.1, 0.15) is 6.04 Å². The van der Waals surface area contributed by atoms with Crippen LogP contribution in [0.15, 0.2) is 52.0 Å². The Morgan fingerprint density at radius 2 is 1.84 bits per heavy atom. The standard InChI is InChI=1S/C16H18N2O6S/c1-17-25(21,22)14-9-8-13(24-14)15(19)18-12(16(20)23-2)10-11-6-4-3-5-7-11/h3-9,12,17H,10H2,1-2H3,(H,18,19)/t12-/m1/s1. The Balaban J connectivity index is 2.15. The average Bonchev–Trinajstić information content (AvgIpc) is 3.12. The van der Waals surface area contributed by atoms with Gasteiger partial charge in [-0.15, -0.1) is 0 Å². The number of carbonyl (C=O) groups excluding carboxylic acids is 2. The summed E-state index contributed by atoms with van der Waals surface area (Å²) in [5.41, 5.74) is 0.830. The normalized spacial score (nSPS) is 12.4. The summed E-state index contributed by atoms with van der Waals surface area (Å²) in [5.74, 6) is -1.56. The molecular formula is C16H18N2O6S. The highest BCUT2D eigenvalue weighted by Crippen LogP contribution is 2.14. The van der Waals surface area contributed by atoms with E-state index < -0.39 is 33.0 Å². The van der Waals surface area contributed by atoms with Crippen molar-refractivity contribution in [3.05, 3.63) is 53.8 Å². The number of rotatable bonds is 7. The molecule has 1 amide bonds. The van der Waals surface area contributed by atoms with E-state index in [0.717, 1.165) is 11.6 Å². The number of amides is 1. The van der Waals surface area contributed by atoms with E-state index in [1.807, 2.05) is 30.3 Å². The van der Waals surface area contributed by atoms with E-state index >= 15 is 0 Å². The van der Waals surface area contributed by atoms with Crippen LogP contribution in [0.5, 0.6) is 0 Å². The number of ether oxygens (including phenoxy) is 1. The van der Waals surface area contributed by atoms with Gasteiger partial charge in [0, 0.05) is 6.42 Å². The lowest BCUT2D eigenvalue weighted by Gasteiger charge is -2.15. The first-order valence-electron chi connectivity index (χ1n) is 7.33. The van der Waals surface area contributed by atoms with Crippen molar-refractivity contribution in [1.29, 1.82) is 0 Å². The van der Waals surface area contributed by atoms with Crippen LogP contribution in [0.3, 0.4) is 0 Å². The van der Waals surface area contributed by atoms with Crippen molar-refractivity contribution in [2.24, 2.45) is 0 Å². The minimum Gasteiger partial charge on any atom is -0.467 e. The van der Waals surface area contributed by atoms with E-state index in [2.05, 4.69) is 10.0 Å². The molecular weight excluding hydrogens is 348 g/mol. The minimum atomic E-state index is -3.80. The first-order valence-corrected chi connectivity index (χ1v) is 8.81. The molecule has 0 aliphatic carbocycles. The van der Waals surface area contributed by atoms with E-state index in [4.69, 9.17) is 9.15 Å². The molecule has 1 atom stereocenters. The summed E-state index contributed by atoms with van der Waals surface area (Å²) in [6, 6.07) is 10.5. The first kappa shape index (κ1) is 18.7. The zero-order valence-electron chi connectivity index (χ0n) is 13.7. The second-order valence-electron chi connectivity index (χ2n) is 5.07. The third-order valence-electron chi connectivity index (χ3n) is 3.41. The molecule has 1 aromatic heterocycles. The van der Waals surface area contributed by atoms with Crippen molar-refractivity contribution < 1.29 is 27.2 Å². The largest absolute Gasteiger partial charge is 0.467 e. The van der Waals surface area contributed by atoms with Crippen LogP contribution < -0.4 is 10.0 Å². The fourth-order valence-electron chi connectivity index (χ4n) is 2.10. The van der Waals surface area contributed by atoms with Gasteiger partial charge in [0.2, 0.25) is 5.09 Å². The molecule has 0 saturated carbocycles. The Bertz CT molecular complexity index is 845. The molecule has 2 aromatic rings. The van der Waals surface area contributed by atoms with Gasteiger partial charge in [-0.3, -0.25) is 4.79 Å². The lowest BCUT2D eigenvalue weighted by molar-refractivity contribution is -0.142. The molecule has 25 heavy (non-hydrogen) atoms. The molecule has 1 heterocycles. The average molecular weight is 366 g/mol. The fourth-order valence-corrected chi connectivity index (χ4v) is 2.75. The Morgan fingerprint density at radius 1 is 1.16 bits per heavy atom. The van der Waals surface area contributed by atoms with Gasteiger partial charge in [-0.1, -0.05) is 30.3 Å². The number of esters is 1. The SMILES string of the molecule is CNS(=O)(=O)c1ccc(C(=O)N[C@H](Cc2ccccc2)C(=O)OC)o1. The number of carbonyl (C=O) groups is 2. The third-order valence-corrected chi connectivity index (χ3v) is 4.70. The summed E-state index contributed by atoms with van der Waals surface area (Å²) in [7, 11) is -1.35. The van der Waals surface area contributed by atoms with E-state index in [1.54, 1.807) is 0 Å². The molecule has 0 unspecified atom stereocenters. The molecule has 0 bridgehead atoms. The van der Waals surface area contributed by atoms with Crippen LogP contribution in [-0.4, -0.2) is 40.5 Å². The zero-order valence-corrected chi connectivity index (χ0v) is 14.5. The predicted octanol–water partition coefficient (Wildman–Crippen LogP) is 0.702. The van der Waals surface area contributed by atoms with Crippen molar-refractivity contribution in [2.75, 3.05) is 14.2 Å². The van der Waals surface area contributed by atoms with Gasteiger partial charge in [0.25, 0.3) is 15.9 Å². The molecule has 0 saturated heterocycles. The van der Waals surface area contributed by atoms with Crippen molar-refractivity contribution in [3.8, 4) is 0 Å². The lowest BCUT2D eigenvalue weighted by atomic mass is 10.1. The molecule has 134 valence electrons. The van der Waals surface area contributed by atoms with Gasteiger partial charge in [0.15, 0.2) is 5.76 Å². The molecule has 0 aliphatic rings. The van der Waals surface area contributed by atoms with Gasteiger partial charge < -0.3 is 14.5 Å². The summed E-state index contributed by atoms with van der Waals surface area (Å²) < 4.78 is 35.1. The minimum absolute atomic E-state index is 0.224. The fraction of sp³-hybridized carbons (Fsp3) is 0.250. The van der Waals surface area contributed by atoms with Gasteiger partial charge >= 0.3 is 5.97 Å². The Hall–Kier alpha value is -2.65. The highest BCUT2D eigenvalue weighted by atomic mass is 32.2. The smallest absolute Gasteiger partial charge is 0.328 e. The zero-order chi connectivity index (χ0) is 18.4. The number of hydrogen-bond donors (Lipinski definition) is 2. The van der Waals surface area contributed by atoms with Gasteiger partial charge in [-0.2, -0.15) is 0 Å². The quantitative estimate of drug-likeness (QED) is 0.697. The van der Waals surface area contributed by atoms with Crippen molar-refractivity contribution >= 4 is 21.9 Å². The molecule has 2 rings (SSSR count). The first-order chi connectivity index (χ1) is 11.9. The van der Waals surface area contributed by atoms with Crippen LogP contribution in [0.25, 0.3) is 0 Å². The van der Waals surface area contributed by atoms with E-state index in [9.17, 15) is 18.0 Å². The maximum Gasteiger partial charge on any atom is 0.328 e. The molecule has 1 aromatic carbocycles. The summed E-state index contributed by atoms with van der Waals surface area (Å²) in [6.45, 7) is 0. The van der Waals surface area contributed by atoms with Crippen LogP contribution in [0, 0.1) is 0 Å². The van der Waals surface area contributed by atoms with Crippen molar-refractivity contribution in [1.82, 2.24) is 10.0 Å². The second-order valence-corrected chi connectivity index (χ2v) is 6.88. The van der Waals surface area contributed by atoms with E-state index in [1.165, 1.54) is 20.2 Å². The summed E-state index contributed by atoms with van der Waals surface area (Å²) >= 11 is 0. The molecule has 0 aliphatic heterocycles. The maximum absolute atomic E-state index is 12.3. The van der Waals surface area contributed by atoms with Gasteiger partial charge in [-0.05, 0) is 24.7 Å². The number of hydrogen-bond acceptors (Lipinski definition) is 6. The van der Waals surface area contributed by atoms with E-state index in [-0.39, 0.29) is 12.2 Å². The molecule has 0 spiro atoms. The molecule has 2 N–H and O–H groups in total. The third kappa shape index (κ3) is 4.68. The van der Waals surface area contributed by atoms with Crippen LogP contribution >= 0.6 is 0 Å². The highest BCUT2D eigenvalue weighted by molar-refractivity contribution is 7.89. The van der Waals surface area contributed by atoms with Crippen LogP contribution in [0.1, 0.15) is 16.1 Å². The van der Waals surface area contributed by atoms with Crippen molar-refractivity contribution in [3.63, 3.8) is 0 Å². The Labute approximate surface area is 145 Å². The summed E-state index contributed by atoms with van der Waals surface area (Å²) in [4.78, 5) is 24.2. The second kappa shape index (κ2) is 7.95. The van der Waals surface area contributed by atoms with Gasteiger partial charge in [0.05, 0.1) is 7.11 Å². The monoisotopic (exact) mass is 366 g/mol. The van der Waals surface area contributed by atoms with Crippen LogP contribution in [0.4, 0.5) is 0 Å². The molecule has 0 radical (unpaired) electrons. The number of sulfonamides is 1. The number of furan rings is 1. The van der Waals surface area contributed by atoms with Gasteiger partial charge in [-0.25, -0.2) is 17.9 Å². The predicted molar refractivity (Wildman–Crippen MR) is 88.4 cm³/mol. The summed E-state index contributed by atoms with van der Waals surface area (Å²) in [6.07, 6.45) is 0.224. The van der Waals surface area contributed by atoms with Crippen LogP contribution in [-0.2, 0) is 26.0 Å². The molecule has 9 heteroatoms. The van der Waals surface area contributed by atoms with Crippen LogP contribution in [0.2, 0.25) is 0 Å². The topological polar surface area (TPSA) is 115 Å². The maximum atomic E-state index is 12.3. The molecule has 0 fully saturated rings. The number of nitrogens with one attached hydrogen (secondary N) is 2. The Morgan fingerprint density at radius 3 is 2.44 bits per heavy atom.